The second-order valence-electron chi connectivity index (χ2n) is 6.11. The van der Waals surface area contributed by atoms with Gasteiger partial charge in [-0.1, -0.05) is 32.1 Å². The maximum Gasteiger partial charge on any atom is 0.158 e. The molecule has 2 aliphatic carbocycles. The van der Waals surface area contributed by atoms with E-state index in [1.54, 1.807) is 0 Å². The number of Topliss-reactive ketones (excluding diaryl/α,β-unsaturated/α-hetero) is 1. The van der Waals surface area contributed by atoms with Gasteiger partial charge in [0.05, 0.1) is 0 Å². The van der Waals surface area contributed by atoms with Crippen LogP contribution in [0.3, 0.4) is 0 Å². The zero-order valence-electron chi connectivity index (χ0n) is 10.7. The molecule has 1 heteroatoms. The van der Waals surface area contributed by atoms with Crippen molar-refractivity contribution >= 4 is 5.78 Å². The van der Waals surface area contributed by atoms with E-state index in [0.717, 1.165) is 18.4 Å². The first-order valence-corrected chi connectivity index (χ1v) is 6.29. The molecular formula is C15H22O. The summed E-state index contributed by atoms with van der Waals surface area (Å²) in [6, 6.07) is 0. The first-order valence-electron chi connectivity index (χ1n) is 6.29. The van der Waals surface area contributed by atoms with Crippen molar-refractivity contribution in [1.82, 2.24) is 0 Å². The molecule has 1 saturated carbocycles. The second kappa shape index (κ2) is 3.87. The average molecular weight is 218 g/mol. The molecule has 2 rings (SSSR count). The van der Waals surface area contributed by atoms with Crippen LogP contribution in [0.25, 0.3) is 0 Å². The van der Waals surface area contributed by atoms with E-state index in [0.29, 0.717) is 29.5 Å². The Hall–Kier alpha value is -0.850. The Morgan fingerprint density at radius 1 is 1.38 bits per heavy atom. The predicted molar refractivity (Wildman–Crippen MR) is 67.1 cm³/mol. The molecule has 0 aromatic carbocycles. The van der Waals surface area contributed by atoms with Crippen LogP contribution in [0, 0.1) is 17.3 Å². The topological polar surface area (TPSA) is 17.1 Å². The van der Waals surface area contributed by atoms with Gasteiger partial charge in [-0.05, 0) is 49.0 Å². The Bertz CT molecular complexity index is 360. The molecular weight excluding hydrogens is 196 g/mol. The van der Waals surface area contributed by atoms with Gasteiger partial charge in [-0.2, -0.15) is 0 Å². The average Bonchev–Trinajstić information content (AvgIpc) is 2.24. The van der Waals surface area contributed by atoms with Crippen molar-refractivity contribution in [2.45, 2.75) is 46.5 Å². The lowest BCUT2D eigenvalue weighted by Gasteiger charge is -2.52. The monoisotopic (exact) mass is 218 g/mol. The van der Waals surface area contributed by atoms with Gasteiger partial charge in [-0.3, -0.25) is 4.79 Å². The molecule has 0 spiro atoms. The fourth-order valence-electron chi connectivity index (χ4n) is 3.23. The minimum absolute atomic E-state index is 0.306. The van der Waals surface area contributed by atoms with Crippen molar-refractivity contribution in [1.29, 1.82) is 0 Å². The van der Waals surface area contributed by atoms with Gasteiger partial charge < -0.3 is 0 Å². The summed E-state index contributed by atoms with van der Waals surface area (Å²) >= 11 is 0. The molecule has 0 aromatic heterocycles. The zero-order chi connectivity index (χ0) is 11.9. The second-order valence-corrected chi connectivity index (χ2v) is 6.11. The minimum atomic E-state index is 0.306. The summed E-state index contributed by atoms with van der Waals surface area (Å²) < 4.78 is 0. The van der Waals surface area contributed by atoms with E-state index >= 15 is 0 Å². The third-order valence-electron chi connectivity index (χ3n) is 4.55. The Morgan fingerprint density at radius 2 is 2.06 bits per heavy atom. The molecule has 2 aliphatic rings. The molecule has 16 heavy (non-hydrogen) atoms. The molecule has 1 fully saturated rings. The maximum absolute atomic E-state index is 11.8. The van der Waals surface area contributed by atoms with Crippen molar-refractivity contribution in [2.24, 2.45) is 17.3 Å². The minimum Gasteiger partial charge on any atom is -0.295 e. The number of hydrogen-bond acceptors (Lipinski definition) is 1. The standard InChI is InChI=1S/C15H22O/c1-10-6-8-14(16)11(2)5-7-13-12(10)9-15(13,3)4/h5,12-13H,1,6-9H2,2-4H3/b11-5-/t12-,13-/m1/s1. The first-order chi connectivity index (χ1) is 7.42. The highest BCUT2D eigenvalue weighted by Gasteiger charge is 2.47. The van der Waals surface area contributed by atoms with Crippen LogP contribution < -0.4 is 0 Å². The Balaban J connectivity index is 2.21. The van der Waals surface area contributed by atoms with Crippen LogP contribution in [0.1, 0.15) is 46.5 Å². The van der Waals surface area contributed by atoms with Crippen molar-refractivity contribution in [3.05, 3.63) is 23.8 Å². The van der Waals surface area contributed by atoms with Gasteiger partial charge in [0, 0.05) is 6.42 Å². The van der Waals surface area contributed by atoms with E-state index in [2.05, 4.69) is 26.5 Å². The van der Waals surface area contributed by atoms with E-state index in [9.17, 15) is 4.79 Å². The smallest absolute Gasteiger partial charge is 0.158 e. The van der Waals surface area contributed by atoms with Gasteiger partial charge in [-0.25, -0.2) is 0 Å². The third-order valence-corrected chi connectivity index (χ3v) is 4.55. The summed E-state index contributed by atoms with van der Waals surface area (Å²) in [6.45, 7) is 10.8. The van der Waals surface area contributed by atoms with Gasteiger partial charge in [0.15, 0.2) is 5.78 Å². The Labute approximate surface area is 98.6 Å². The lowest BCUT2D eigenvalue weighted by Crippen LogP contribution is -2.44. The highest BCUT2D eigenvalue weighted by Crippen LogP contribution is 2.56. The Kier molecular flexibility index (Phi) is 2.81. The summed E-state index contributed by atoms with van der Waals surface area (Å²) in [4.78, 5) is 11.8. The molecule has 0 heterocycles. The molecule has 0 saturated heterocycles. The van der Waals surface area contributed by atoms with E-state index in [1.165, 1.54) is 12.0 Å². The number of fused-ring (bicyclic) bond motifs is 1. The van der Waals surface area contributed by atoms with E-state index in [-0.39, 0.29) is 0 Å². The summed E-state index contributed by atoms with van der Waals surface area (Å²) in [5, 5.41) is 0. The molecule has 0 N–H and O–H groups in total. The lowest BCUT2D eigenvalue weighted by molar-refractivity contribution is -0.115. The molecule has 1 nitrogen and oxygen atoms in total. The van der Waals surface area contributed by atoms with Crippen molar-refractivity contribution in [3.8, 4) is 0 Å². The molecule has 2 atom stereocenters. The normalized spacial score (nSPS) is 37.3. The van der Waals surface area contributed by atoms with Crippen LogP contribution in [0.5, 0.6) is 0 Å². The highest BCUT2D eigenvalue weighted by atomic mass is 16.1. The molecule has 0 aromatic rings. The zero-order valence-corrected chi connectivity index (χ0v) is 10.7. The molecule has 0 bridgehead atoms. The van der Waals surface area contributed by atoms with Crippen LogP contribution in [0.2, 0.25) is 0 Å². The first kappa shape index (κ1) is 11.6. The number of carbonyl (C=O) groups is 1. The van der Waals surface area contributed by atoms with Gasteiger partial charge in [0.2, 0.25) is 0 Å². The summed E-state index contributed by atoms with van der Waals surface area (Å²) in [5.41, 5.74) is 2.69. The molecule has 0 unspecified atom stereocenters. The highest BCUT2D eigenvalue weighted by molar-refractivity contribution is 5.94. The van der Waals surface area contributed by atoms with E-state index in [4.69, 9.17) is 0 Å². The number of carbonyl (C=O) groups excluding carboxylic acids is 1. The predicted octanol–water partition coefficient (Wildman–Crippen LogP) is 3.90. The maximum atomic E-state index is 11.8. The van der Waals surface area contributed by atoms with Crippen LogP contribution in [-0.2, 0) is 4.79 Å². The van der Waals surface area contributed by atoms with Gasteiger partial charge >= 0.3 is 0 Å². The lowest BCUT2D eigenvalue weighted by atomic mass is 9.52. The summed E-state index contributed by atoms with van der Waals surface area (Å²) in [5.74, 6) is 1.66. The van der Waals surface area contributed by atoms with E-state index < -0.39 is 0 Å². The molecule has 88 valence electrons. The van der Waals surface area contributed by atoms with Crippen molar-refractivity contribution in [2.75, 3.05) is 0 Å². The van der Waals surface area contributed by atoms with Crippen LogP contribution in [-0.4, -0.2) is 5.78 Å². The van der Waals surface area contributed by atoms with Crippen LogP contribution in [0.15, 0.2) is 23.8 Å². The van der Waals surface area contributed by atoms with E-state index in [1.807, 2.05) is 6.92 Å². The fourth-order valence-corrected chi connectivity index (χ4v) is 3.23. The van der Waals surface area contributed by atoms with Gasteiger partial charge in [0.25, 0.3) is 0 Å². The number of allylic oxidation sites excluding steroid dienone is 3. The van der Waals surface area contributed by atoms with Crippen molar-refractivity contribution in [3.63, 3.8) is 0 Å². The van der Waals surface area contributed by atoms with Crippen molar-refractivity contribution < 1.29 is 4.79 Å². The van der Waals surface area contributed by atoms with Crippen LogP contribution in [0.4, 0.5) is 0 Å². The largest absolute Gasteiger partial charge is 0.295 e. The SMILES string of the molecule is C=C1CCC(=O)/C(C)=C\C[C@@H]2[C@@H]1CC2(C)C. The Morgan fingerprint density at radius 3 is 2.69 bits per heavy atom. The molecule has 0 radical (unpaired) electrons. The third kappa shape index (κ3) is 1.88. The summed E-state index contributed by atoms with van der Waals surface area (Å²) in [6.07, 6.45) is 6.00. The quantitative estimate of drug-likeness (QED) is 0.563. The number of ketones is 1. The number of hydrogen-bond donors (Lipinski definition) is 0. The molecule has 0 aliphatic heterocycles. The fraction of sp³-hybridized carbons (Fsp3) is 0.667. The summed E-state index contributed by atoms with van der Waals surface area (Å²) in [7, 11) is 0. The van der Waals surface area contributed by atoms with Gasteiger partial charge in [0.1, 0.15) is 0 Å². The molecule has 0 amide bonds. The van der Waals surface area contributed by atoms with Gasteiger partial charge in [-0.15, -0.1) is 0 Å². The van der Waals surface area contributed by atoms with Crippen LogP contribution >= 0.6 is 0 Å². The number of rotatable bonds is 0.